The SMILES string of the molecule is C[C@]12CC=C3C=C4[C@H]5OC5[C@@H](N5CC[C@@H](N)C5)C[C@]45CCC3(O5)[C@@H]1C[C@H]1C[C@]12c1ccc2ccncc2c1. The lowest BCUT2D eigenvalue weighted by Gasteiger charge is -2.55. The van der Waals surface area contributed by atoms with E-state index in [9.17, 15) is 0 Å². The first kappa shape index (κ1) is 21.7. The average molecular weight is 508 g/mol. The van der Waals surface area contributed by atoms with Crippen LogP contribution in [0.15, 0.2) is 60.0 Å². The van der Waals surface area contributed by atoms with Crippen LogP contribution in [0.4, 0.5) is 0 Å². The Kier molecular flexibility index (Phi) is 3.79. The molecule has 5 heterocycles. The lowest BCUT2D eigenvalue weighted by Crippen LogP contribution is -2.58. The van der Waals surface area contributed by atoms with Crippen molar-refractivity contribution in [3.05, 3.63) is 65.5 Å². The summed E-state index contributed by atoms with van der Waals surface area (Å²) in [5, 5.41) is 2.57. The van der Waals surface area contributed by atoms with Crippen LogP contribution >= 0.6 is 0 Å². The average Bonchev–Trinajstić information content (AvgIpc) is 3.78. The molecule has 8 aliphatic rings. The molecular formula is C33H37N3O2. The highest BCUT2D eigenvalue weighted by Crippen LogP contribution is 2.81. The molecule has 5 nitrogen and oxygen atoms in total. The predicted octanol–water partition coefficient (Wildman–Crippen LogP) is 4.65. The van der Waals surface area contributed by atoms with Gasteiger partial charge >= 0.3 is 0 Å². The van der Waals surface area contributed by atoms with E-state index in [1.807, 2.05) is 12.4 Å². The van der Waals surface area contributed by atoms with Gasteiger partial charge in [-0.15, -0.1) is 0 Å². The Morgan fingerprint density at radius 1 is 1.13 bits per heavy atom. The van der Waals surface area contributed by atoms with Gasteiger partial charge in [0.2, 0.25) is 0 Å². The maximum atomic E-state index is 7.61. The lowest BCUT2D eigenvalue weighted by molar-refractivity contribution is -0.142. The molecule has 4 aliphatic carbocycles. The smallest absolute Gasteiger partial charge is 0.110 e. The Bertz CT molecular complexity index is 1480. The fourth-order valence-corrected chi connectivity index (χ4v) is 11.1. The van der Waals surface area contributed by atoms with Crippen molar-refractivity contribution in [3.8, 4) is 0 Å². The summed E-state index contributed by atoms with van der Waals surface area (Å²) in [5.74, 6) is 1.34. The Hall–Kier alpha value is -2.05. The van der Waals surface area contributed by atoms with Gasteiger partial charge in [-0.25, -0.2) is 0 Å². The van der Waals surface area contributed by atoms with E-state index in [1.165, 1.54) is 34.8 Å². The summed E-state index contributed by atoms with van der Waals surface area (Å²) < 4.78 is 14.0. The molecule has 2 unspecified atom stereocenters. The summed E-state index contributed by atoms with van der Waals surface area (Å²) in [6, 6.07) is 10.1. The summed E-state index contributed by atoms with van der Waals surface area (Å²) >= 11 is 0. The maximum Gasteiger partial charge on any atom is 0.110 e. The molecule has 6 fully saturated rings. The number of hydrogen-bond donors (Lipinski definition) is 1. The zero-order valence-corrected chi connectivity index (χ0v) is 22.2. The standard InChI is InChI=1S/C33H37N3O2/c1-30-7-4-22-13-25-28-29(37-28)26(36-11-6-24(34)18-36)16-31(25)8-9-33(22,38-31)27(30)14-23-15-32(23,30)21-3-2-19-5-10-35-17-20(19)12-21/h2-5,10,12-13,17,23-24,26-29H,6-9,11,14-16,18,34H2,1H3/t23-,24+,26-,27+,28+,29?,30-,31+,32-,33?/m0/s1. The lowest BCUT2D eigenvalue weighted by atomic mass is 9.55. The quantitative estimate of drug-likeness (QED) is 0.600. The van der Waals surface area contributed by atoms with Crippen molar-refractivity contribution >= 4 is 10.8 Å². The van der Waals surface area contributed by atoms with Gasteiger partial charge < -0.3 is 15.2 Å². The van der Waals surface area contributed by atoms with E-state index in [1.54, 1.807) is 5.56 Å². The van der Waals surface area contributed by atoms with Crippen LogP contribution in [0.5, 0.6) is 0 Å². The molecule has 1 aromatic carbocycles. The highest BCUT2D eigenvalue weighted by atomic mass is 16.6. The van der Waals surface area contributed by atoms with Crippen LogP contribution < -0.4 is 5.73 Å². The van der Waals surface area contributed by atoms with Gasteiger partial charge in [-0.2, -0.15) is 0 Å². The van der Waals surface area contributed by atoms with Crippen LogP contribution in [-0.2, 0) is 14.9 Å². The number of benzene rings is 1. The Balaban J connectivity index is 1.05. The maximum absolute atomic E-state index is 7.61. The van der Waals surface area contributed by atoms with E-state index in [0.29, 0.717) is 24.1 Å². The normalized spacial score (nSPS) is 51.4. The number of allylic oxidation sites excluding steroid dienone is 1. The molecule has 2 aromatic rings. The minimum atomic E-state index is -0.140. The molecule has 10 atom stereocenters. The predicted molar refractivity (Wildman–Crippen MR) is 146 cm³/mol. The summed E-state index contributed by atoms with van der Waals surface area (Å²) in [6.07, 6.45) is 18.0. The van der Waals surface area contributed by atoms with E-state index < -0.39 is 0 Å². The van der Waals surface area contributed by atoms with Crippen molar-refractivity contribution in [2.75, 3.05) is 13.1 Å². The van der Waals surface area contributed by atoms with Crippen LogP contribution in [-0.4, -0.2) is 58.5 Å². The zero-order valence-electron chi connectivity index (χ0n) is 22.2. The van der Waals surface area contributed by atoms with Crippen molar-refractivity contribution in [2.24, 2.45) is 23.0 Å². The second-order valence-electron chi connectivity index (χ2n) is 14.3. The zero-order chi connectivity index (χ0) is 25.1. The highest BCUT2D eigenvalue weighted by molar-refractivity contribution is 5.82. The van der Waals surface area contributed by atoms with Gasteiger partial charge in [0.25, 0.3) is 0 Å². The minimum Gasteiger partial charge on any atom is -0.363 e. The number of pyridine rings is 1. The molecule has 1 aromatic heterocycles. The summed E-state index contributed by atoms with van der Waals surface area (Å²) in [6.45, 7) is 4.73. The number of aromatic nitrogens is 1. The molecule has 5 heteroatoms. The van der Waals surface area contributed by atoms with Gasteiger partial charge in [-0.1, -0.05) is 31.2 Å². The number of fused-ring (bicyclic) bond motifs is 6. The third kappa shape index (κ3) is 2.36. The number of hydrogen-bond acceptors (Lipinski definition) is 5. The van der Waals surface area contributed by atoms with Crippen LogP contribution in [0.1, 0.15) is 57.4 Å². The van der Waals surface area contributed by atoms with Gasteiger partial charge in [0.1, 0.15) is 12.2 Å². The van der Waals surface area contributed by atoms with E-state index in [4.69, 9.17) is 15.2 Å². The second kappa shape index (κ2) is 6.63. The van der Waals surface area contributed by atoms with Gasteiger partial charge in [0.15, 0.2) is 0 Å². The molecule has 3 saturated heterocycles. The first-order chi connectivity index (χ1) is 18.5. The van der Waals surface area contributed by atoms with E-state index in [0.717, 1.165) is 51.1 Å². The van der Waals surface area contributed by atoms with E-state index in [2.05, 4.69) is 53.2 Å². The van der Waals surface area contributed by atoms with Crippen molar-refractivity contribution < 1.29 is 9.47 Å². The molecule has 2 N–H and O–H groups in total. The first-order valence-electron chi connectivity index (χ1n) is 15.1. The monoisotopic (exact) mass is 507 g/mol. The molecule has 0 amide bonds. The number of nitrogens with zero attached hydrogens (tertiary/aromatic N) is 2. The topological polar surface area (TPSA) is 63.9 Å². The van der Waals surface area contributed by atoms with E-state index in [-0.39, 0.29) is 28.1 Å². The van der Waals surface area contributed by atoms with Crippen LogP contribution in [0.25, 0.3) is 10.8 Å². The molecule has 196 valence electrons. The highest BCUT2D eigenvalue weighted by Gasteiger charge is 2.79. The number of ether oxygens (including phenoxy) is 2. The van der Waals surface area contributed by atoms with E-state index >= 15 is 0 Å². The summed E-state index contributed by atoms with van der Waals surface area (Å²) in [7, 11) is 0. The number of nitrogens with two attached hydrogens (primary N) is 1. The first-order valence-corrected chi connectivity index (χ1v) is 15.1. The van der Waals surface area contributed by atoms with Crippen molar-refractivity contribution in [1.82, 2.24) is 9.88 Å². The molecular weight excluding hydrogens is 470 g/mol. The number of epoxide rings is 1. The number of rotatable bonds is 2. The molecule has 38 heavy (non-hydrogen) atoms. The Morgan fingerprint density at radius 3 is 2.97 bits per heavy atom. The van der Waals surface area contributed by atoms with Crippen LogP contribution in [0.3, 0.4) is 0 Å². The molecule has 2 spiro atoms. The third-order valence-corrected chi connectivity index (χ3v) is 13.0. The van der Waals surface area contributed by atoms with Crippen LogP contribution in [0, 0.1) is 17.3 Å². The fraction of sp³-hybridized carbons (Fsp3) is 0.606. The van der Waals surface area contributed by atoms with Gasteiger partial charge in [0.05, 0.1) is 11.2 Å². The third-order valence-electron chi connectivity index (χ3n) is 13.0. The molecule has 2 bridgehead atoms. The molecule has 0 radical (unpaired) electrons. The molecule has 10 rings (SSSR count). The fourth-order valence-electron chi connectivity index (χ4n) is 11.1. The van der Waals surface area contributed by atoms with Crippen molar-refractivity contribution in [3.63, 3.8) is 0 Å². The minimum absolute atomic E-state index is 0.122. The van der Waals surface area contributed by atoms with Crippen LogP contribution in [0.2, 0.25) is 0 Å². The molecule has 4 aliphatic heterocycles. The Morgan fingerprint density at radius 2 is 2.08 bits per heavy atom. The largest absolute Gasteiger partial charge is 0.363 e. The summed E-state index contributed by atoms with van der Waals surface area (Å²) in [4.78, 5) is 7.05. The molecule has 3 saturated carbocycles. The van der Waals surface area contributed by atoms with Crippen molar-refractivity contribution in [2.45, 2.75) is 92.8 Å². The summed E-state index contributed by atoms with van der Waals surface area (Å²) in [5.41, 5.74) is 11.0. The number of likely N-dealkylation sites (tertiary alicyclic amines) is 1. The Labute approximate surface area is 224 Å². The van der Waals surface area contributed by atoms with Gasteiger partial charge in [-0.05, 0) is 96.4 Å². The van der Waals surface area contributed by atoms with Gasteiger partial charge in [-0.3, -0.25) is 9.88 Å². The van der Waals surface area contributed by atoms with Gasteiger partial charge in [0, 0.05) is 48.4 Å². The second-order valence-corrected chi connectivity index (χ2v) is 14.3. The van der Waals surface area contributed by atoms with Crippen molar-refractivity contribution in [1.29, 1.82) is 0 Å².